The first kappa shape index (κ1) is 16.1. The second-order valence-corrected chi connectivity index (χ2v) is 8.66. The van der Waals surface area contributed by atoms with E-state index in [1.54, 1.807) is 6.07 Å². The summed E-state index contributed by atoms with van der Waals surface area (Å²) < 4.78 is 0. The van der Waals surface area contributed by atoms with Crippen molar-refractivity contribution in [3.8, 4) is 0 Å². The van der Waals surface area contributed by atoms with Crippen LogP contribution in [0.15, 0.2) is 60.7 Å². The Morgan fingerprint density at radius 1 is 0.929 bits per heavy atom. The SMILES string of the molecule is O=[N+]([O-])c1ccc2c(c1)[C@@H]1[C@H]3CC[C@@H](C3)[C@H]1[C@H](c1cccc3ccccc13)N2. The van der Waals surface area contributed by atoms with Crippen molar-refractivity contribution in [2.75, 3.05) is 5.32 Å². The van der Waals surface area contributed by atoms with E-state index in [0.717, 1.165) is 5.69 Å². The van der Waals surface area contributed by atoms with Crippen molar-refractivity contribution < 1.29 is 4.92 Å². The molecule has 2 fully saturated rings. The van der Waals surface area contributed by atoms with E-state index >= 15 is 0 Å². The van der Waals surface area contributed by atoms with Crippen LogP contribution in [0.4, 0.5) is 11.4 Å². The van der Waals surface area contributed by atoms with Gasteiger partial charge in [0.05, 0.1) is 11.0 Å². The Hall–Kier alpha value is -2.88. The summed E-state index contributed by atoms with van der Waals surface area (Å²) in [5.74, 6) is 2.31. The largest absolute Gasteiger partial charge is 0.378 e. The molecule has 5 atom stereocenters. The number of non-ortho nitro benzene ring substituents is 1. The van der Waals surface area contributed by atoms with Gasteiger partial charge in [-0.2, -0.15) is 0 Å². The Morgan fingerprint density at radius 2 is 1.75 bits per heavy atom. The normalized spacial score (nSPS) is 29.9. The van der Waals surface area contributed by atoms with E-state index in [1.807, 2.05) is 12.1 Å². The average molecular weight is 370 g/mol. The molecule has 0 saturated heterocycles. The van der Waals surface area contributed by atoms with E-state index in [0.29, 0.717) is 23.7 Å². The summed E-state index contributed by atoms with van der Waals surface area (Å²) in [4.78, 5) is 11.1. The van der Waals surface area contributed by atoms with E-state index in [4.69, 9.17) is 0 Å². The van der Waals surface area contributed by atoms with Gasteiger partial charge in [0.25, 0.3) is 5.69 Å². The summed E-state index contributed by atoms with van der Waals surface area (Å²) in [6.07, 6.45) is 3.82. The predicted octanol–water partition coefficient (Wildman–Crippen LogP) is 6.04. The van der Waals surface area contributed by atoms with Crippen molar-refractivity contribution in [1.82, 2.24) is 0 Å². The molecule has 4 heteroatoms. The van der Waals surface area contributed by atoms with Gasteiger partial charge in [0, 0.05) is 17.8 Å². The Bertz CT molecular complexity index is 1100. The first-order valence-electron chi connectivity index (χ1n) is 10.2. The van der Waals surface area contributed by atoms with Crippen LogP contribution in [-0.2, 0) is 0 Å². The van der Waals surface area contributed by atoms with Crippen LogP contribution in [0.1, 0.15) is 42.3 Å². The number of benzene rings is 3. The number of nitrogens with one attached hydrogen (secondary N) is 1. The van der Waals surface area contributed by atoms with E-state index in [9.17, 15) is 10.1 Å². The lowest BCUT2D eigenvalue weighted by molar-refractivity contribution is -0.384. The zero-order chi connectivity index (χ0) is 18.8. The van der Waals surface area contributed by atoms with Gasteiger partial charge in [0.15, 0.2) is 0 Å². The van der Waals surface area contributed by atoms with Crippen LogP contribution in [0.3, 0.4) is 0 Å². The molecule has 28 heavy (non-hydrogen) atoms. The highest BCUT2D eigenvalue weighted by Crippen LogP contribution is 2.64. The minimum atomic E-state index is -0.265. The summed E-state index contributed by atoms with van der Waals surface area (Å²) in [5, 5.41) is 17.7. The first-order chi connectivity index (χ1) is 13.7. The molecule has 2 saturated carbocycles. The first-order valence-corrected chi connectivity index (χ1v) is 10.2. The van der Waals surface area contributed by atoms with E-state index in [-0.39, 0.29) is 16.7 Å². The maximum Gasteiger partial charge on any atom is 0.269 e. The molecular formula is C24H22N2O2. The third-order valence-corrected chi connectivity index (χ3v) is 7.44. The van der Waals surface area contributed by atoms with E-state index in [1.165, 1.54) is 41.2 Å². The Morgan fingerprint density at radius 3 is 2.64 bits per heavy atom. The van der Waals surface area contributed by atoms with Crippen LogP contribution >= 0.6 is 0 Å². The van der Waals surface area contributed by atoms with Crippen LogP contribution in [-0.4, -0.2) is 4.92 Å². The lowest BCUT2D eigenvalue weighted by Gasteiger charge is -2.43. The number of hydrogen-bond acceptors (Lipinski definition) is 3. The molecule has 1 heterocycles. The standard InChI is InChI=1S/C24H22N2O2/c27-26(28)17-10-11-21-20(13-17)22-15-8-9-16(12-15)23(22)24(25-21)19-7-3-5-14-4-1-2-6-18(14)19/h1-7,10-11,13,15-16,22-25H,8-9,12H2/t15-,16-,22-,23+,24-/m0/s1. The van der Waals surface area contributed by atoms with Gasteiger partial charge in [0.2, 0.25) is 0 Å². The van der Waals surface area contributed by atoms with Gasteiger partial charge >= 0.3 is 0 Å². The van der Waals surface area contributed by atoms with Crippen LogP contribution in [0, 0.1) is 27.9 Å². The lowest BCUT2D eigenvalue weighted by atomic mass is 9.67. The molecule has 1 aliphatic heterocycles. The zero-order valence-electron chi connectivity index (χ0n) is 15.5. The quantitative estimate of drug-likeness (QED) is 0.442. The van der Waals surface area contributed by atoms with Gasteiger partial charge in [0.1, 0.15) is 0 Å². The van der Waals surface area contributed by atoms with E-state index < -0.39 is 0 Å². The molecule has 1 N–H and O–H groups in total. The molecule has 3 aromatic carbocycles. The Balaban J connectivity index is 1.54. The highest BCUT2D eigenvalue weighted by Gasteiger charge is 2.54. The van der Waals surface area contributed by atoms with Gasteiger partial charge in [-0.25, -0.2) is 0 Å². The molecule has 0 radical (unpaired) electrons. The number of nitrogens with zero attached hydrogens (tertiary/aromatic N) is 1. The van der Waals surface area contributed by atoms with E-state index in [2.05, 4.69) is 47.8 Å². The second-order valence-electron chi connectivity index (χ2n) is 8.66. The highest BCUT2D eigenvalue weighted by atomic mass is 16.6. The third kappa shape index (κ3) is 2.17. The molecule has 0 spiro atoms. The molecule has 4 nitrogen and oxygen atoms in total. The third-order valence-electron chi connectivity index (χ3n) is 7.44. The van der Waals surface area contributed by atoms with Crippen LogP contribution in [0.2, 0.25) is 0 Å². The topological polar surface area (TPSA) is 55.2 Å². The van der Waals surface area contributed by atoms with Gasteiger partial charge < -0.3 is 5.32 Å². The number of hydrogen-bond donors (Lipinski definition) is 1. The number of fused-ring (bicyclic) bond motifs is 8. The van der Waals surface area contributed by atoms with Crippen molar-refractivity contribution in [3.63, 3.8) is 0 Å². The monoisotopic (exact) mass is 370 g/mol. The van der Waals surface area contributed by atoms with Crippen molar-refractivity contribution in [2.45, 2.75) is 31.2 Å². The molecule has 2 aliphatic carbocycles. The van der Waals surface area contributed by atoms with Crippen LogP contribution in [0.5, 0.6) is 0 Å². The maximum absolute atomic E-state index is 11.4. The molecule has 0 aromatic heterocycles. The zero-order valence-corrected chi connectivity index (χ0v) is 15.5. The minimum absolute atomic E-state index is 0.214. The fraction of sp³-hybridized carbons (Fsp3) is 0.333. The van der Waals surface area contributed by atoms with Crippen LogP contribution in [0.25, 0.3) is 10.8 Å². The van der Waals surface area contributed by atoms with Crippen molar-refractivity contribution in [2.24, 2.45) is 17.8 Å². The Kier molecular flexibility index (Phi) is 3.34. The smallest absolute Gasteiger partial charge is 0.269 e. The summed E-state index contributed by atoms with van der Waals surface area (Å²) >= 11 is 0. The van der Waals surface area contributed by atoms with Gasteiger partial charge in [-0.15, -0.1) is 0 Å². The van der Waals surface area contributed by atoms with Crippen molar-refractivity contribution >= 4 is 22.1 Å². The minimum Gasteiger partial charge on any atom is -0.378 e. The molecule has 3 aromatic rings. The molecule has 3 aliphatic rings. The Labute approximate surface area is 163 Å². The van der Waals surface area contributed by atoms with Gasteiger partial charge in [-0.05, 0) is 70.9 Å². The summed E-state index contributed by atoms with van der Waals surface area (Å²) in [6.45, 7) is 0. The van der Waals surface area contributed by atoms with Gasteiger partial charge in [-0.3, -0.25) is 10.1 Å². The number of nitro benzene ring substituents is 1. The summed E-state index contributed by atoms with van der Waals surface area (Å²) in [5.41, 5.74) is 3.83. The highest BCUT2D eigenvalue weighted by molar-refractivity contribution is 5.86. The molecule has 0 unspecified atom stereocenters. The average Bonchev–Trinajstić information content (AvgIpc) is 3.35. The molecule has 2 bridgehead atoms. The number of rotatable bonds is 2. The fourth-order valence-electron chi connectivity index (χ4n) is 6.42. The fourth-order valence-corrected chi connectivity index (χ4v) is 6.42. The summed E-state index contributed by atoms with van der Waals surface area (Å²) in [7, 11) is 0. The maximum atomic E-state index is 11.4. The molecule has 140 valence electrons. The molecule has 0 amide bonds. The van der Waals surface area contributed by atoms with Gasteiger partial charge in [-0.1, -0.05) is 42.5 Å². The number of anilines is 1. The number of nitro groups is 1. The predicted molar refractivity (Wildman–Crippen MR) is 110 cm³/mol. The molecule has 6 rings (SSSR count). The van der Waals surface area contributed by atoms with Crippen LogP contribution < -0.4 is 5.32 Å². The van der Waals surface area contributed by atoms with Crippen molar-refractivity contribution in [3.05, 3.63) is 81.9 Å². The summed E-state index contributed by atoms with van der Waals surface area (Å²) in [6, 6.07) is 20.9. The van der Waals surface area contributed by atoms with Crippen molar-refractivity contribution in [1.29, 1.82) is 0 Å². The molecular weight excluding hydrogens is 348 g/mol. The lowest BCUT2D eigenvalue weighted by Crippen LogP contribution is -2.35. The second kappa shape index (κ2) is 5.81.